The summed E-state index contributed by atoms with van der Waals surface area (Å²) in [7, 11) is 0. The van der Waals surface area contributed by atoms with Crippen molar-refractivity contribution in [3.8, 4) is 0 Å². The maximum Gasteiger partial charge on any atom is 0.149 e. The van der Waals surface area contributed by atoms with Gasteiger partial charge in [-0.3, -0.25) is 9.59 Å². The third-order valence-electron chi connectivity index (χ3n) is 6.15. The maximum absolute atomic E-state index is 13.1. The molecule has 0 amide bonds. The number of hydrogen-bond acceptors (Lipinski definition) is 3. The van der Waals surface area contributed by atoms with E-state index in [-0.39, 0.29) is 22.8 Å². The van der Waals surface area contributed by atoms with Crippen LogP contribution in [0.25, 0.3) is 0 Å². The minimum atomic E-state index is -0.537. The predicted molar refractivity (Wildman–Crippen MR) is 79.7 cm³/mol. The number of carbonyl (C=O) groups is 3. The van der Waals surface area contributed by atoms with Crippen molar-refractivity contribution >= 4 is 17.3 Å². The van der Waals surface area contributed by atoms with Gasteiger partial charge in [0.25, 0.3) is 0 Å². The Morgan fingerprint density at radius 1 is 0.952 bits per heavy atom. The highest BCUT2D eigenvalue weighted by Crippen LogP contribution is 2.61. The Kier molecular flexibility index (Phi) is 3.79. The molecule has 4 saturated carbocycles. The van der Waals surface area contributed by atoms with Gasteiger partial charge in [-0.25, -0.2) is 0 Å². The van der Waals surface area contributed by atoms with Crippen molar-refractivity contribution in [1.82, 2.24) is 0 Å². The number of hydrogen-bond donors (Lipinski definition) is 0. The van der Waals surface area contributed by atoms with E-state index in [9.17, 15) is 14.4 Å². The van der Waals surface area contributed by atoms with Crippen LogP contribution in [0.4, 0.5) is 0 Å². The maximum atomic E-state index is 13.1. The Morgan fingerprint density at radius 3 is 1.81 bits per heavy atom. The second-order valence-electron chi connectivity index (χ2n) is 7.97. The monoisotopic (exact) mass is 290 g/mol. The smallest absolute Gasteiger partial charge is 0.149 e. The third-order valence-corrected chi connectivity index (χ3v) is 6.15. The van der Waals surface area contributed by atoms with Crippen LogP contribution in [0.3, 0.4) is 0 Å². The first-order valence-electron chi connectivity index (χ1n) is 8.44. The highest BCUT2D eigenvalue weighted by Gasteiger charge is 2.55. The van der Waals surface area contributed by atoms with Crippen LogP contribution in [0.15, 0.2) is 0 Å². The van der Waals surface area contributed by atoms with Crippen LogP contribution in [-0.4, -0.2) is 17.3 Å². The third kappa shape index (κ3) is 2.72. The van der Waals surface area contributed by atoms with Crippen LogP contribution < -0.4 is 0 Å². The lowest BCUT2D eigenvalue weighted by atomic mass is 9.47. The van der Waals surface area contributed by atoms with Gasteiger partial charge in [0.15, 0.2) is 0 Å². The van der Waals surface area contributed by atoms with Gasteiger partial charge in [0.05, 0.1) is 5.92 Å². The number of ketones is 3. The Balaban J connectivity index is 1.79. The molecule has 0 aromatic carbocycles. The largest absolute Gasteiger partial charge is 0.300 e. The van der Waals surface area contributed by atoms with E-state index in [4.69, 9.17) is 0 Å². The standard InChI is InChI=1S/C18H26O3/c1-11(19)3-4-16(12(2)20)17(21)18-8-13-5-14(9-18)7-15(6-13)10-18/h13-16H,3-10H2,1-2H3. The van der Waals surface area contributed by atoms with Gasteiger partial charge < -0.3 is 4.79 Å². The molecule has 0 aromatic heterocycles. The molecule has 3 nitrogen and oxygen atoms in total. The van der Waals surface area contributed by atoms with Crippen molar-refractivity contribution < 1.29 is 14.4 Å². The first-order valence-corrected chi connectivity index (χ1v) is 8.44. The highest BCUT2D eigenvalue weighted by molar-refractivity contribution is 6.04. The van der Waals surface area contributed by atoms with E-state index in [2.05, 4.69) is 0 Å². The lowest BCUT2D eigenvalue weighted by Gasteiger charge is -2.56. The Labute approximate surface area is 126 Å². The van der Waals surface area contributed by atoms with Crippen molar-refractivity contribution in [2.45, 2.75) is 65.2 Å². The van der Waals surface area contributed by atoms with Crippen LogP contribution >= 0.6 is 0 Å². The Bertz CT molecular complexity index is 442. The van der Waals surface area contributed by atoms with E-state index < -0.39 is 5.92 Å². The molecule has 0 spiro atoms. The summed E-state index contributed by atoms with van der Waals surface area (Å²) >= 11 is 0. The molecular weight excluding hydrogens is 264 g/mol. The first kappa shape index (κ1) is 14.9. The van der Waals surface area contributed by atoms with Crippen LogP contribution in [-0.2, 0) is 14.4 Å². The lowest BCUT2D eigenvalue weighted by Crippen LogP contribution is -2.52. The van der Waals surface area contributed by atoms with Gasteiger partial charge in [0.2, 0.25) is 0 Å². The second kappa shape index (κ2) is 5.33. The molecular formula is C18H26O3. The van der Waals surface area contributed by atoms with Crippen molar-refractivity contribution in [3.63, 3.8) is 0 Å². The molecule has 0 aliphatic heterocycles. The molecule has 1 unspecified atom stereocenters. The molecule has 3 heteroatoms. The van der Waals surface area contributed by atoms with Crippen molar-refractivity contribution in [2.24, 2.45) is 29.1 Å². The van der Waals surface area contributed by atoms with E-state index in [1.165, 1.54) is 33.1 Å². The minimum absolute atomic E-state index is 0.0444. The second-order valence-corrected chi connectivity index (χ2v) is 7.97. The normalized spacial score (nSPS) is 38.3. The SMILES string of the molecule is CC(=O)CCC(C(C)=O)C(=O)C12CC3CC(CC(C3)C1)C2. The summed E-state index contributed by atoms with van der Waals surface area (Å²) in [6.07, 6.45) is 7.67. The highest BCUT2D eigenvalue weighted by atomic mass is 16.2. The summed E-state index contributed by atoms with van der Waals surface area (Å²) in [5.41, 5.74) is -0.220. The van der Waals surface area contributed by atoms with E-state index >= 15 is 0 Å². The van der Waals surface area contributed by atoms with Crippen molar-refractivity contribution in [1.29, 1.82) is 0 Å². The van der Waals surface area contributed by atoms with Gasteiger partial charge in [-0.2, -0.15) is 0 Å². The van der Waals surface area contributed by atoms with Gasteiger partial charge in [0.1, 0.15) is 17.3 Å². The molecule has 21 heavy (non-hydrogen) atoms. The van der Waals surface area contributed by atoms with E-state index in [1.54, 1.807) is 0 Å². The zero-order chi connectivity index (χ0) is 15.2. The van der Waals surface area contributed by atoms with Crippen LogP contribution in [0.5, 0.6) is 0 Å². The van der Waals surface area contributed by atoms with Crippen LogP contribution in [0.1, 0.15) is 65.2 Å². The fourth-order valence-electron chi connectivity index (χ4n) is 5.65. The minimum Gasteiger partial charge on any atom is -0.300 e. The fraction of sp³-hybridized carbons (Fsp3) is 0.833. The van der Waals surface area contributed by atoms with Crippen molar-refractivity contribution in [3.05, 3.63) is 0 Å². The molecule has 4 fully saturated rings. The summed E-state index contributed by atoms with van der Waals surface area (Å²) in [5.74, 6) is 1.79. The van der Waals surface area contributed by atoms with E-state index in [0.29, 0.717) is 30.6 Å². The van der Waals surface area contributed by atoms with Crippen LogP contribution in [0, 0.1) is 29.1 Å². The number of carbonyl (C=O) groups excluding carboxylic acids is 3. The van der Waals surface area contributed by atoms with Gasteiger partial charge >= 0.3 is 0 Å². The number of Topliss-reactive ketones (excluding diaryl/α,β-unsaturated/α-hetero) is 3. The summed E-state index contributed by atoms with van der Waals surface area (Å²) in [6.45, 7) is 3.05. The molecule has 4 rings (SSSR count). The summed E-state index contributed by atoms with van der Waals surface area (Å²) in [4.78, 5) is 36.3. The molecule has 116 valence electrons. The fourth-order valence-corrected chi connectivity index (χ4v) is 5.65. The average molecular weight is 290 g/mol. The molecule has 4 aliphatic carbocycles. The van der Waals surface area contributed by atoms with E-state index in [0.717, 1.165) is 19.3 Å². The van der Waals surface area contributed by atoms with Gasteiger partial charge in [-0.15, -0.1) is 0 Å². The quantitative estimate of drug-likeness (QED) is 0.705. The Morgan fingerprint density at radius 2 is 1.43 bits per heavy atom. The summed E-state index contributed by atoms with van der Waals surface area (Å²) < 4.78 is 0. The molecule has 0 N–H and O–H groups in total. The number of rotatable bonds is 6. The molecule has 4 bridgehead atoms. The first-order chi connectivity index (χ1) is 9.89. The Hall–Kier alpha value is -0.990. The molecule has 0 heterocycles. The summed E-state index contributed by atoms with van der Waals surface area (Å²) in [5, 5.41) is 0. The molecule has 0 aromatic rings. The average Bonchev–Trinajstić information content (AvgIpc) is 2.36. The van der Waals surface area contributed by atoms with E-state index in [1.807, 2.05) is 0 Å². The van der Waals surface area contributed by atoms with Gasteiger partial charge in [0, 0.05) is 11.8 Å². The topological polar surface area (TPSA) is 51.2 Å². The molecule has 4 aliphatic rings. The van der Waals surface area contributed by atoms with Gasteiger partial charge in [-0.05, 0) is 76.5 Å². The van der Waals surface area contributed by atoms with Crippen molar-refractivity contribution in [2.75, 3.05) is 0 Å². The van der Waals surface area contributed by atoms with Crippen LogP contribution in [0.2, 0.25) is 0 Å². The molecule has 1 atom stereocenters. The molecule has 0 saturated heterocycles. The molecule has 0 radical (unpaired) electrons. The summed E-state index contributed by atoms with van der Waals surface area (Å²) in [6, 6.07) is 0. The zero-order valence-corrected chi connectivity index (χ0v) is 13.2. The predicted octanol–water partition coefficient (Wildman–Crippen LogP) is 3.35. The zero-order valence-electron chi connectivity index (χ0n) is 13.2. The lowest BCUT2D eigenvalue weighted by molar-refractivity contribution is -0.151. The van der Waals surface area contributed by atoms with Gasteiger partial charge in [-0.1, -0.05) is 0 Å².